The first kappa shape index (κ1) is 21.8. The largest absolute Gasteiger partial charge is 0.548 e. The number of nitrogens with one attached hydrogen (secondary N) is 2. The Hall–Kier alpha value is -3.48. The summed E-state index contributed by atoms with van der Waals surface area (Å²) in [4.78, 5) is 36.6. The van der Waals surface area contributed by atoms with Gasteiger partial charge in [0.15, 0.2) is 0 Å². The molecule has 0 heterocycles. The molecule has 152 valence electrons. The number of carbonyl (C=O) groups excluding carboxylic acids is 3. The molecule has 0 saturated heterocycles. The third-order valence-electron chi connectivity index (χ3n) is 4.01. The summed E-state index contributed by atoms with van der Waals surface area (Å²) in [5, 5.41) is 16.2. The van der Waals surface area contributed by atoms with Crippen LogP contribution in [0.2, 0.25) is 0 Å². The van der Waals surface area contributed by atoms with E-state index in [2.05, 4.69) is 10.6 Å². The van der Waals surface area contributed by atoms with Gasteiger partial charge in [-0.15, -0.1) is 0 Å². The summed E-state index contributed by atoms with van der Waals surface area (Å²) in [5.74, 6) is -3.18. The quantitative estimate of drug-likeness (QED) is 0.665. The van der Waals surface area contributed by atoms with Crippen molar-refractivity contribution in [3.8, 4) is 0 Å². The number of carboxylic acids is 1. The normalized spacial score (nSPS) is 12.3. The summed E-state index contributed by atoms with van der Waals surface area (Å²) in [6.45, 7) is 3.63. The number of carbonyl (C=O) groups is 3. The van der Waals surface area contributed by atoms with E-state index in [0.717, 1.165) is 0 Å². The van der Waals surface area contributed by atoms with Crippen LogP contribution in [-0.2, 0) is 9.59 Å². The van der Waals surface area contributed by atoms with Crippen LogP contribution >= 0.6 is 0 Å². The lowest BCUT2D eigenvalue weighted by Crippen LogP contribution is -2.50. The van der Waals surface area contributed by atoms with Gasteiger partial charge < -0.3 is 20.5 Å². The second-order valence-corrected chi connectivity index (χ2v) is 6.90. The van der Waals surface area contributed by atoms with Gasteiger partial charge in [0.25, 0.3) is 11.8 Å². The molecular weight excluding hydrogens is 375 g/mol. The first-order valence-electron chi connectivity index (χ1n) is 9.11. The Labute approximate surface area is 168 Å². The van der Waals surface area contributed by atoms with Gasteiger partial charge in [-0.1, -0.05) is 44.2 Å². The summed E-state index contributed by atoms with van der Waals surface area (Å²) >= 11 is 0. The molecule has 0 unspecified atom stereocenters. The Kier molecular flexibility index (Phi) is 7.65. The molecule has 0 radical (unpaired) electrons. The fourth-order valence-electron chi connectivity index (χ4n) is 2.59. The van der Waals surface area contributed by atoms with Crippen molar-refractivity contribution in [2.45, 2.75) is 26.3 Å². The predicted molar refractivity (Wildman–Crippen MR) is 105 cm³/mol. The number of benzene rings is 2. The number of hydrogen-bond donors (Lipinski definition) is 2. The van der Waals surface area contributed by atoms with Gasteiger partial charge in [-0.2, -0.15) is 0 Å². The van der Waals surface area contributed by atoms with E-state index in [1.807, 2.05) is 13.8 Å². The van der Waals surface area contributed by atoms with Crippen LogP contribution in [0.1, 0.15) is 36.2 Å². The highest BCUT2D eigenvalue weighted by molar-refractivity contribution is 6.06. The summed E-state index contributed by atoms with van der Waals surface area (Å²) in [5.41, 5.74) is 0.614. The minimum Gasteiger partial charge on any atom is -0.548 e. The van der Waals surface area contributed by atoms with Gasteiger partial charge in [0, 0.05) is 5.56 Å². The highest BCUT2D eigenvalue weighted by Crippen LogP contribution is 2.10. The summed E-state index contributed by atoms with van der Waals surface area (Å²) in [6, 6.07) is 12.3. The molecule has 2 amide bonds. The SMILES string of the molecule is CC(C)C[C@@H](NC(=O)/C(=C\c1ccc(F)cc1)NC(=O)c1ccccc1)C(=O)[O-]. The highest BCUT2D eigenvalue weighted by Gasteiger charge is 2.20. The van der Waals surface area contributed by atoms with E-state index in [1.54, 1.807) is 30.3 Å². The smallest absolute Gasteiger partial charge is 0.268 e. The molecule has 1 atom stereocenters. The Morgan fingerprint density at radius 1 is 1.03 bits per heavy atom. The average Bonchev–Trinajstić information content (AvgIpc) is 2.68. The molecule has 2 rings (SSSR count). The van der Waals surface area contributed by atoms with Crippen molar-refractivity contribution in [2.75, 3.05) is 0 Å². The lowest BCUT2D eigenvalue weighted by atomic mass is 10.0. The molecular formula is C22H22FN2O4-. The number of halogens is 1. The second kappa shape index (κ2) is 10.2. The van der Waals surface area contributed by atoms with Crippen molar-refractivity contribution in [2.24, 2.45) is 5.92 Å². The number of rotatable bonds is 8. The molecule has 0 saturated carbocycles. The minimum absolute atomic E-state index is 0.00152. The highest BCUT2D eigenvalue weighted by atomic mass is 19.1. The summed E-state index contributed by atoms with van der Waals surface area (Å²) in [7, 11) is 0. The van der Waals surface area contributed by atoms with Gasteiger partial charge in [-0.3, -0.25) is 9.59 Å². The fraction of sp³-hybridized carbons (Fsp3) is 0.227. The van der Waals surface area contributed by atoms with Gasteiger partial charge >= 0.3 is 0 Å². The van der Waals surface area contributed by atoms with Crippen LogP contribution < -0.4 is 15.7 Å². The molecule has 0 fully saturated rings. The van der Waals surface area contributed by atoms with E-state index in [4.69, 9.17) is 0 Å². The number of amides is 2. The van der Waals surface area contributed by atoms with Gasteiger partial charge in [0.2, 0.25) is 0 Å². The average molecular weight is 397 g/mol. The molecule has 0 aliphatic rings. The Morgan fingerprint density at radius 2 is 1.66 bits per heavy atom. The minimum atomic E-state index is -1.41. The molecule has 2 aromatic rings. The number of carboxylic acid groups (broad SMARTS) is 1. The number of hydrogen-bond acceptors (Lipinski definition) is 4. The first-order chi connectivity index (χ1) is 13.8. The molecule has 29 heavy (non-hydrogen) atoms. The van der Waals surface area contributed by atoms with Gasteiger partial charge in [-0.05, 0) is 48.2 Å². The standard InChI is InChI=1S/C22H23FN2O4/c1-14(2)12-19(22(28)29)25-21(27)18(13-15-8-10-17(23)11-9-15)24-20(26)16-6-4-3-5-7-16/h3-11,13-14,19H,12H2,1-2H3,(H,24,26)(H,25,27)(H,28,29)/p-1/b18-13+/t19-/m1/s1. The molecule has 7 heteroatoms. The zero-order chi connectivity index (χ0) is 21.4. The van der Waals surface area contributed by atoms with Crippen molar-refractivity contribution in [1.29, 1.82) is 0 Å². The Balaban J connectivity index is 2.30. The van der Waals surface area contributed by atoms with Gasteiger partial charge in [0.05, 0.1) is 12.0 Å². The van der Waals surface area contributed by atoms with E-state index in [1.165, 1.54) is 30.3 Å². The summed E-state index contributed by atoms with van der Waals surface area (Å²) in [6.07, 6.45) is 1.52. The van der Waals surface area contributed by atoms with Crippen LogP contribution in [0.15, 0.2) is 60.3 Å². The topological polar surface area (TPSA) is 98.3 Å². The van der Waals surface area contributed by atoms with Crippen LogP contribution in [0.5, 0.6) is 0 Å². The number of aliphatic carboxylic acids is 1. The lowest BCUT2D eigenvalue weighted by molar-refractivity contribution is -0.308. The molecule has 6 nitrogen and oxygen atoms in total. The lowest BCUT2D eigenvalue weighted by Gasteiger charge is -2.22. The van der Waals surface area contributed by atoms with Crippen LogP contribution in [0.25, 0.3) is 6.08 Å². The summed E-state index contributed by atoms with van der Waals surface area (Å²) < 4.78 is 13.2. The second-order valence-electron chi connectivity index (χ2n) is 6.90. The van der Waals surface area contributed by atoms with Crippen LogP contribution in [0, 0.1) is 11.7 Å². The predicted octanol–water partition coefficient (Wildman–Crippen LogP) is 1.88. The monoisotopic (exact) mass is 397 g/mol. The Morgan fingerprint density at radius 3 is 2.21 bits per heavy atom. The van der Waals surface area contributed by atoms with Crippen molar-refractivity contribution < 1.29 is 23.9 Å². The van der Waals surface area contributed by atoms with Crippen molar-refractivity contribution in [3.63, 3.8) is 0 Å². The zero-order valence-corrected chi connectivity index (χ0v) is 16.1. The van der Waals surface area contributed by atoms with Gasteiger partial charge in [0.1, 0.15) is 11.5 Å². The van der Waals surface area contributed by atoms with E-state index >= 15 is 0 Å². The first-order valence-corrected chi connectivity index (χ1v) is 9.11. The molecule has 0 aromatic heterocycles. The molecule has 2 N–H and O–H groups in total. The Bertz CT molecular complexity index is 893. The third-order valence-corrected chi connectivity index (χ3v) is 4.01. The van der Waals surface area contributed by atoms with Crippen molar-refractivity contribution >= 4 is 23.9 Å². The van der Waals surface area contributed by atoms with Crippen LogP contribution in [-0.4, -0.2) is 23.8 Å². The van der Waals surface area contributed by atoms with Crippen LogP contribution in [0.4, 0.5) is 4.39 Å². The van der Waals surface area contributed by atoms with Crippen LogP contribution in [0.3, 0.4) is 0 Å². The van der Waals surface area contributed by atoms with E-state index < -0.39 is 29.6 Å². The fourth-order valence-corrected chi connectivity index (χ4v) is 2.59. The maximum atomic E-state index is 13.2. The van der Waals surface area contributed by atoms with E-state index in [9.17, 15) is 23.9 Å². The van der Waals surface area contributed by atoms with E-state index in [-0.39, 0.29) is 18.0 Å². The molecule has 0 aliphatic carbocycles. The third kappa shape index (κ3) is 6.88. The van der Waals surface area contributed by atoms with Crippen molar-refractivity contribution in [1.82, 2.24) is 10.6 Å². The zero-order valence-electron chi connectivity index (χ0n) is 16.1. The molecule has 0 aliphatic heterocycles. The van der Waals surface area contributed by atoms with Gasteiger partial charge in [-0.25, -0.2) is 4.39 Å². The molecule has 0 spiro atoms. The van der Waals surface area contributed by atoms with Crippen molar-refractivity contribution in [3.05, 3.63) is 77.2 Å². The molecule has 0 bridgehead atoms. The maximum absolute atomic E-state index is 13.2. The van der Waals surface area contributed by atoms with E-state index in [0.29, 0.717) is 11.1 Å². The molecule has 2 aromatic carbocycles. The maximum Gasteiger partial charge on any atom is 0.268 e.